The summed E-state index contributed by atoms with van der Waals surface area (Å²) in [6, 6.07) is 47.7. The van der Waals surface area contributed by atoms with Gasteiger partial charge >= 0.3 is 0 Å². The van der Waals surface area contributed by atoms with Gasteiger partial charge in [-0.25, -0.2) is 0 Å². The molecule has 0 atom stereocenters. The van der Waals surface area contributed by atoms with Crippen LogP contribution in [0.3, 0.4) is 0 Å². The minimum Gasteiger partial charge on any atom is -0.313 e. The summed E-state index contributed by atoms with van der Waals surface area (Å²) in [6.07, 6.45) is 22.6. The van der Waals surface area contributed by atoms with Crippen LogP contribution in [0.4, 0.5) is 0 Å². The minimum absolute atomic E-state index is 1.03. The molecule has 0 unspecified atom stereocenters. The van der Waals surface area contributed by atoms with Gasteiger partial charge in [-0.2, -0.15) is 0 Å². The van der Waals surface area contributed by atoms with Gasteiger partial charge in [0.15, 0.2) is 0 Å². The van der Waals surface area contributed by atoms with E-state index in [0.717, 1.165) is 38.5 Å². The Kier molecular flexibility index (Phi) is 7.53. The van der Waals surface area contributed by atoms with Gasteiger partial charge in [0.2, 0.25) is 0 Å². The van der Waals surface area contributed by atoms with Gasteiger partial charge in [0.05, 0.1) is 22.1 Å². The normalized spacial score (nSPS) is 14.8. The molecule has 6 aromatic carbocycles. The van der Waals surface area contributed by atoms with Gasteiger partial charge in [-0.1, -0.05) is 121 Å². The van der Waals surface area contributed by atoms with Gasteiger partial charge in [-0.05, 0) is 127 Å². The Morgan fingerprint density at radius 2 is 1.17 bits per heavy atom. The molecule has 58 heavy (non-hydrogen) atoms. The van der Waals surface area contributed by atoms with Gasteiger partial charge in [-0.3, -0.25) is 0 Å². The maximum atomic E-state index is 2.56. The predicted octanol–water partition coefficient (Wildman–Crippen LogP) is 14.4. The molecule has 3 heterocycles. The molecular weight excluding hydrogens is 703 g/mol. The predicted molar refractivity (Wildman–Crippen MR) is 246 cm³/mol. The van der Waals surface area contributed by atoms with Gasteiger partial charge in [0, 0.05) is 55.6 Å². The Balaban J connectivity index is 0.969. The van der Waals surface area contributed by atoms with Crippen molar-refractivity contribution in [3.05, 3.63) is 186 Å². The number of benzene rings is 6. The van der Waals surface area contributed by atoms with E-state index in [-0.39, 0.29) is 0 Å². The Bertz CT molecular complexity index is 3240. The zero-order valence-electron chi connectivity index (χ0n) is 32.8. The van der Waals surface area contributed by atoms with Crippen LogP contribution in [0.25, 0.3) is 95.1 Å². The zero-order valence-corrected chi connectivity index (χ0v) is 32.8. The summed E-state index contributed by atoms with van der Waals surface area (Å²) < 4.78 is 7.61. The third kappa shape index (κ3) is 4.92. The monoisotopic (exact) mass is 745 g/mol. The van der Waals surface area contributed by atoms with E-state index in [0.29, 0.717) is 0 Å². The van der Waals surface area contributed by atoms with E-state index in [1.165, 1.54) is 111 Å². The molecule has 0 amide bonds. The molecule has 0 saturated carbocycles. The van der Waals surface area contributed by atoms with E-state index in [4.69, 9.17) is 0 Å². The first-order valence-electron chi connectivity index (χ1n) is 20.9. The highest BCUT2D eigenvalue weighted by atomic mass is 15.1. The number of aryl methyl sites for hydroxylation is 2. The fraction of sp³-hybridized carbons (Fsp3) is 0.127. The van der Waals surface area contributed by atoms with Crippen molar-refractivity contribution in [2.75, 3.05) is 0 Å². The maximum absolute atomic E-state index is 2.56. The molecule has 278 valence electrons. The molecule has 3 nitrogen and oxygen atoms in total. The molecule has 0 radical (unpaired) electrons. The van der Waals surface area contributed by atoms with Crippen LogP contribution in [0.1, 0.15) is 53.8 Å². The van der Waals surface area contributed by atoms with Gasteiger partial charge in [0.25, 0.3) is 0 Å². The zero-order chi connectivity index (χ0) is 38.3. The van der Waals surface area contributed by atoms with Crippen LogP contribution in [-0.4, -0.2) is 13.7 Å². The van der Waals surface area contributed by atoms with Crippen molar-refractivity contribution in [2.45, 2.75) is 45.4 Å². The fourth-order valence-electron chi connectivity index (χ4n) is 10.4. The lowest BCUT2D eigenvalue weighted by atomic mass is 9.94. The second-order valence-corrected chi connectivity index (χ2v) is 16.2. The standard InChI is InChI=1S/C55H43N3/c1-36-43(39-14-4-2-5-15-39)34-35-52-53(36)48-20-10-13-23-51(48)56(52)41-28-24-37(25-29-41)38-26-30-42(31-27-38)58-50-22-12-9-19-45(50)47-33-32-46-44-18-8-11-21-49(44)57(54(46)55(47)58)40-16-6-3-7-17-40/h2-6,8,10-12,14-16,18,20-22,24-35H,7,9,13,17,19,23H2,1H3. The fourth-order valence-corrected chi connectivity index (χ4v) is 10.4. The van der Waals surface area contributed by atoms with E-state index in [1.54, 1.807) is 0 Å². The summed E-state index contributed by atoms with van der Waals surface area (Å²) in [6.45, 7) is 2.29. The largest absolute Gasteiger partial charge is 0.313 e. The van der Waals surface area contributed by atoms with Crippen molar-refractivity contribution in [3.63, 3.8) is 0 Å². The molecule has 9 aromatic rings. The summed E-state index contributed by atoms with van der Waals surface area (Å²) in [5, 5.41) is 5.36. The van der Waals surface area contributed by atoms with Crippen molar-refractivity contribution in [1.82, 2.24) is 13.7 Å². The van der Waals surface area contributed by atoms with E-state index in [9.17, 15) is 0 Å². The number of para-hydroxylation sites is 1. The second-order valence-electron chi connectivity index (χ2n) is 16.2. The number of hydrogen-bond donors (Lipinski definition) is 0. The first-order chi connectivity index (χ1) is 28.7. The van der Waals surface area contributed by atoms with E-state index >= 15 is 0 Å². The molecule has 0 fully saturated rings. The highest BCUT2D eigenvalue weighted by Gasteiger charge is 2.25. The van der Waals surface area contributed by atoms with Gasteiger partial charge in [-0.15, -0.1) is 0 Å². The summed E-state index contributed by atoms with van der Waals surface area (Å²) in [7, 11) is 0. The first kappa shape index (κ1) is 33.3. The van der Waals surface area contributed by atoms with Crippen LogP contribution in [0, 0.1) is 6.92 Å². The molecule has 0 spiro atoms. The molecule has 0 bridgehead atoms. The number of nitrogens with zero attached hydrogens (tertiary/aromatic N) is 3. The quantitative estimate of drug-likeness (QED) is 0.167. The van der Waals surface area contributed by atoms with E-state index < -0.39 is 0 Å². The summed E-state index contributed by atoms with van der Waals surface area (Å²) >= 11 is 0. The Morgan fingerprint density at radius 3 is 1.97 bits per heavy atom. The van der Waals surface area contributed by atoms with Gasteiger partial charge in [0.1, 0.15) is 0 Å². The topological polar surface area (TPSA) is 14.8 Å². The smallest absolute Gasteiger partial charge is 0.0786 e. The molecule has 12 rings (SSSR count). The molecule has 3 aromatic heterocycles. The van der Waals surface area contributed by atoms with Crippen LogP contribution in [-0.2, 0) is 12.8 Å². The number of hydrogen-bond acceptors (Lipinski definition) is 0. The third-order valence-corrected chi connectivity index (χ3v) is 13.1. The molecule has 0 saturated heterocycles. The minimum atomic E-state index is 1.03. The molecule has 0 N–H and O–H groups in total. The van der Waals surface area contributed by atoms with Crippen molar-refractivity contribution >= 4 is 61.5 Å². The Labute approximate surface area is 338 Å². The number of rotatable bonds is 5. The van der Waals surface area contributed by atoms with Crippen LogP contribution in [0.15, 0.2) is 158 Å². The average Bonchev–Trinajstić information content (AvgIpc) is 3.93. The lowest BCUT2D eigenvalue weighted by Crippen LogP contribution is -2.03. The first-order valence-corrected chi connectivity index (χ1v) is 20.9. The Hall–Kier alpha value is -6.84. The molecule has 0 aliphatic heterocycles. The summed E-state index contributed by atoms with van der Waals surface area (Å²) in [5.41, 5.74) is 20.9. The Morgan fingerprint density at radius 1 is 0.483 bits per heavy atom. The lowest BCUT2D eigenvalue weighted by molar-refractivity contribution is 0.888. The SMILES string of the molecule is Cc1c(-c2ccccc2)ccc2c1c1c(n2-c2ccc(-c3ccc(-n4c5c(c6ccc7c8ccccc8n(C8=CC=CCC8)c7c64)CCC=C5)cc3)cc2)CCC=C1. The van der Waals surface area contributed by atoms with Crippen LogP contribution < -0.4 is 0 Å². The second kappa shape index (κ2) is 13.1. The highest BCUT2D eigenvalue weighted by molar-refractivity contribution is 6.20. The number of fused-ring (bicyclic) bond motifs is 10. The van der Waals surface area contributed by atoms with E-state index in [1.807, 2.05) is 0 Å². The summed E-state index contributed by atoms with van der Waals surface area (Å²) in [5.74, 6) is 0. The van der Waals surface area contributed by atoms with Crippen molar-refractivity contribution in [3.8, 4) is 33.6 Å². The highest BCUT2D eigenvalue weighted by Crippen LogP contribution is 2.44. The number of aromatic nitrogens is 3. The maximum Gasteiger partial charge on any atom is 0.0786 e. The average molecular weight is 746 g/mol. The van der Waals surface area contributed by atoms with Crippen LogP contribution in [0.5, 0.6) is 0 Å². The molecular formula is C55H43N3. The molecule has 3 aliphatic carbocycles. The van der Waals surface area contributed by atoms with Crippen LogP contribution >= 0.6 is 0 Å². The molecule has 3 aliphatic rings. The molecule has 3 heteroatoms. The van der Waals surface area contributed by atoms with Gasteiger partial charge < -0.3 is 13.7 Å². The van der Waals surface area contributed by atoms with Crippen molar-refractivity contribution < 1.29 is 0 Å². The third-order valence-electron chi connectivity index (χ3n) is 13.1. The van der Waals surface area contributed by atoms with Crippen molar-refractivity contribution in [2.24, 2.45) is 0 Å². The number of allylic oxidation sites excluding steroid dienone is 6. The summed E-state index contributed by atoms with van der Waals surface area (Å²) in [4.78, 5) is 0. The van der Waals surface area contributed by atoms with E-state index in [2.05, 4.69) is 191 Å². The van der Waals surface area contributed by atoms with Crippen LogP contribution in [0.2, 0.25) is 0 Å². The van der Waals surface area contributed by atoms with Crippen molar-refractivity contribution in [1.29, 1.82) is 0 Å². The lowest BCUT2D eigenvalue weighted by Gasteiger charge is -2.17.